The highest BCUT2D eigenvalue weighted by Gasteiger charge is 2.44. The van der Waals surface area contributed by atoms with E-state index < -0.39 is 12.1 Å². The molecule has 1 aromatic carbocycles. The first-order valence-electron chi connectivity index (χ1n) is 6.43. The van der Waals surface area contributed by atoms with E-state index in [0.29, 0.717) is 35.0 Å². The van der Waals surface area contributed by atoms with Crippen molar-refractivity contribution in [2.24, 2.45) is 0 Å². The zero-order valence-corrected chi connectivity index (χ0v) is 11.4. The number of hydrazine groups is 1. The van der Waals surface area contributed by atoms with Crippen molar-refractivity contribution in [3.8, 4) is 5.75 Å². The van der Waals surface area contributed by atoms with E-state index in [2.05, 4.69) is 5.43 Å². The number of ether oxygens (including phenoxy) is 1. The normalized spacial score (nSPS) is 14.6. The maximum absolute atomic E-state index is 12.7. The van der Waals surface area contributed by atoms with Crippen molar-refractivity contribution < 1.29 is 22.7 Å². The highest BCUT2D eigenvalue weighted by atomic mass is 19.4. The Morgan fingerprint density at radius 2 is 2.05 bits per heavy atom. The molecule has 1 amide bonds. The standard InChI is InChI=1S/C14H15F3N2O2/c1-21-12-9-5-4-8-11(12)18-19(10-6-2-3-7-10)13(20)14(15,16)17/h4-6,8-9,18H,2-3,7H2,1H3. The minimum absolute atomic E-state index is 0.297. The molecule has 2 rings (SSSR count). The molecule has 0 radical (unpaired) electrons. The Morgan fingerprint density at radius 1 is 1.33 bits per heavy atom. The topological polar surface area (TPSA) is 41.6 Å². The van der Waals surface area contributed by atoms with Gasteiger partial charge in [-0.05, 0) is 31.4 Å². The highest BCUT2D eigenvalue weighted by Crippen LogP contribution is 2.30. The van der Waals surface area contributed by atoms with Crippen LogP contribution in [-0.2, 0) is 4.79 Å². The maximum atomic E-state index is 12.7. The van der Waals surface area contributed by atoms with Gasteiger partial charge in [-0.1, -0.05) is 18.2 Å². The van der Waals surface area contributed by atoms with E-state index in [4.69, 9.17) is 4.74 Å². The van der Waals surface area contributed by atoms with E-state index in [9.17, 15) is 18.0 Å². The monoisotopic (exact) mass is 300 g/mol. The van der Waals surface area contributed by atoms with Gasteiger partial charge in [0.25, 0.3) is 0 Å². The minimum atomic E-state index is -4.95. The molecule has 0 aromatic heterocycles. The summed E-state index contributed by atoms with van der Waals surface area (Å²) in [5.41, 5.74) is 3.14. The summed E-state index contributed by atoms with van der Waals surface area (Å²) in [5, 5.41) is 0.560. The van der Waals surface area contributed by atoms with Crippen LogP contribution in [0.3, 0.4) is 0 Å². The number of methoxy groups -OCH3 is 1. The number of allylic oxidation sites excluding steroid dienone is 2. The number of benzene rings is 1. The smallest absolute Gasteiger partial charge is 0.473 e. The van der Waals surface area contributed by atoms with Gasteiger partial charge in [0.15, 0.2) is 0 Å². The van der Waals surface area contributed by atoms with Gasteiger partial charge in [-0.2, -0.15) is 13.2 Å². The second-order valence-electron chi connectivity index (χ2n) is 4.54. The van der Waals surface area contributed by atoms with Crippen molar-refractivity contribution in [2.45, 2.75) is 25.4 Å². The minimum Gasteiger partial charge on any atom is -0.495 e. The predicted molar refractivity (Wildman–Crippen MR) is 71.5 cm³/mol. The summed E-state index contributed by atoms with van der Waals surface area (Å²) in [4.78, 5) is 11.6. The van der Waals surface area contributed by atoms with Crippen molar-refractivity contribution in [3.63, 3.8) is 0 Å². The molecule has 7 heteroatoms. The summed E-state index contributed by atoms with van der Waals surface area (Å²) in [7, 11) is 1.41. The van der Waals surface area contributed by atoms with Crippen LogP contribution < -0.4 is 10.2 Å². The van der Waals surface area contributed by atoms with Crippen LogP contribution in [0.15, 0.2) is 36.0 Å². The van der Waals surface area contributed by atoms with Crippen LogP contribution in [0.1, 0.15) is 19.3 Å². The summed E-state index contributed by atoms with van der Waals surface area (Å²) in [6.07, 6.45) is -1.51. The number of para-hydroxylation sites is 2. The number of nitrogens with one attached hydrogen (secondary N) is 1. The van der Waals surface area contributed by atoms with Crippen LogP contribution in [-0.4, -0.2) is 24.2 Å². The number of anilines is 1. The molecule has 4 nitrogen and oxygen atoms in total. The third kappa shape index (κ3) is 3.48. The zero-order chi connectivity index (χ0) is 15.5. The van der Waals surface area contributed by atoms with Gasteiger partial charge in [0.05, 0.1) is 12.8 Å². The van der Waals surface area contributed by atoms with E-state index >= 15 is 0 Å². The molecule has 0 heterocycles. The van der Waals surface area contributed by atoms with Crippen molar-refractivity contribution in [1.29, 1.82) is 0 Å². The average molecular weight is 300 g/mol. The van der Waals surface area contributed by atoms with Gasteiger partial charge in [0, 0.05) is 5.70 Å². The van der Waals surface area contributed by atoms with Gasteiger partial charge in [0.2, 0.25) is 0 Å². The van der Waals surface area contributed by atoms with Gasteiger partial charge in [-0.25, -0.2) is 5.01 Å². The highest BCUT2D eigenvalue weighted by molar-refractivity contribution is 5.85. The van der Waals surface area contributed by atoms with Gasteiger partial charge in [-0.15, -0.1) is 0 Å². The molecular formula is C14H15F3N2O2. The molecule has 0 atom stereocenters. The fraction of sp³-hybridized carbons (Fsp3) is 0.357. The molecule has 1 aromatic rings. The van der Waals surface area contributed by atoms with E-state index in [1.165, 1.54) is 7.11 Å². The van der Waals surface area contributed by atoms with E-state index in [-0.39, 0.29) is 0 Å². The number of nitrogens with zero attached hydrogens (tertiary/aromatic N) is 1. The van der Waals surface area contributed by atoms with Crippen molar-refractivity contribution in [1.82, 2.24) is 5.01 Å². The summed E-state index contributed by atoms with van der Waals surface area (Å²) in [6, 6.07) is 6.48. The molecule has 1 aliphatic carbocycles. The number of halogens is 3. The number of carbonyl (C=O) groups is 1. The number of amides is 1. The Labute approximate surface area is 120 Å². The molecule has 0 saturated carbocycles. The van der Waals surface area contributed by atoms with Crippen LogP contribution in [0.4, 0.5) is 18.9 Å². The van der Waals surface area contributed by atoms with E-state index in [0.717, 1.165) is 6.42 Å². The fourth-order valence-corrected chi connectivity index (χ4v) is 2.09. The molecule has 1 aliphatic rings. The Morgan fingerprint density at radius 3 is 2.62 bits per heavy atom. The third-order valence-corrected chi connectivity index (χ3v) is 3.09. The van der Waals surface area contributed by atoms with E-state index in [1.54, 1.807) is 30.3 Å². The van der Waals surface area contributed by atoms with Crippen LogP contribution in [0, 0.1) is 0 Å². The Bertz CT molecular complexity index is 555. The Balaban J connectivity index is 2.30. The lowest BCUT2D eigenvalue weighted by atomic mass is 10.3. The van der Waals surface area contributed by atoms with Crippen molar-refractivity contribution in [2.75, 3.05) is 12.5 Å². The third-order valence-electron chi connectivity index (χ3n) is 3.09. The SMILES string of the molecule is COc1ccccc1NN(C(=O)C(F)(F)F)C1=CCCC1. The van der Waals surface area contributed by atoms with Crippen LogP contribution in [0.5, 0.6) is 5.75 Å². The summed E-state index contributed by atoms with van der Waals surface area (Å²) in [5.74, 6) is -1.59. The number of hydrogen-bond acceptors (Lipinski definition) is 3. The van der Waals surface area contributed by atoms with Crippen molar-refractivity contribution >= 4 is 11.6 Å². The molecule has 0 aliphatic heterocycles. The molecular weight excluding hydrogens is 285 g/mol. The number of rotatable bonds is 4. The lowest BCUT2D eigenvalue weighted by Gasteiger charge is -2.27. The molecule has 0 saturated heterocycles. The fourth-order valence-electron chi connectivity index (χ4n) is 2.09. The first-order valence-corrected chi connectivity index (χ1v) is 6.43. The maximum Gasteiger partial charge on any atom is 0.473 e. The molecule has 1 N–H and O–H groups in total. The molecule has 114 valence electrons. The number of hydrogen-bond donors (Lipinski definition) is 1. The summed E-state index contributed by atoms with van der Waals surface area (Å²) < 4.78 is 43.3. The molecule has 0 spiro atoms. The van der Waals surface area contributed by atoms with Crippen LogP contribution in [0.25, 0.3) is 0 Å². The second-order valence-corrected chi connectivity index (χ2v) is 4.54. The van der Waals surface area contributed by atoms with Gasteiger partial charge in [0.1, 0.15) is 5.75 Å². The predicted octanol–water partition coefficient (Wildman–Crippen LogP) is 3.48. The van der Waals surface area contributed by atoms with Crippen LogP contribution >= 0.6 is 0 Å². The average Bonchev–Trinajstić information content (AvgIpc) is 2.97. The van der Waals surface area contributed by atoms with Gasteiger partial charge >= 0.3 is 12.1 Å². The van der Waals surface area contributed by atoms with E-state index in [1.807, 2.05) is 0 Å². The quantitative estimate of drug-likeness (QED) is 0.866. The second kappa shape index (κ2) is 6.07. The Kier molecular flexibility index (Phi) is 4.40. The Hall–Kier alpha value is -2.18. The molecule has 0 bridgehead atoms. The van der Waals surface area contributed by atoms with Gasteiger partial charge < -0.3 is 4.74 Å². The lowest BCUT2D eigenvalue weighted by Crippen LogP contribution is -2.43. The van der Waals surface area contributed by atoms with Crippen LogP contribution in [0.2, 0.25) is 0 Å². The number of carbonyl (C=O) groups excluding carboxylic acids is 1. The zero-order valence-electron chi connectivity index (χ0n) is 11.4. The summed E-state index contributed by atoms with van der Waals surface area (Å²) in [6.45, 7) is 0. The molecule has 0 fully saturated rings. The number of alkyl halides is 3. The molecule has 21 heavy (non-hydrogen) atoms. The lowest BCUT2D eigenvalue weighted by molar-refractivity contribution is -0.182. The largest absolute Gasteiger partial charge is 0.495 e. The summed E-state index contributed by atoms with van der Waals surface area (Å²) >= 11 is 0. The van der Waals surface area contributed by atoms with Gasteiger partial charge in [-0.3, -0.25) is 10.2 Å². The first kappa shape index (κ1) is 15.2. The molecule has 0 unspecified atom stereocenters. The first-order chi connectivity index (χ1) is 9.93. The van der Waals surface area contributed by atoms with Crippen molar-refractivity contribution in [3.05, 3.63) is 36.0 Å².